The van der Waals surface area contributed by atoms with Gasteiger partial charge >= 0.3 is 0 Å². The fourth-order valence-electron chi connectivity index (χ4n) is 3.22. The van der Waals surface area contributed by atoms with E-state index < -0.39 is 0 Å². The van der Waals surface area contributed by atoms with E-state index in [0.29, 0.717) is 19.5 Å². The van der Waals surface area contributed by atoms with Gasteiger partial charge in [0.15, 0.2) is 10.8 Å². The van der Waals surface area contributed by atoms with Crippen molar-refractivity contribution in [3.63, 3.8) is 0 Å². The van der Waals surface area contributed by atoms with Gasteiger partial charge < -0.3 is 14.6 Å². The molecule has 0 saturated carbocycles. The highest BCUT2D eigenvalue weighted by molar-refractivity contribution is 7.13. The molecule has 6 heteroatoms. The number of carbonyl (C=O) groups is 1. The lowest BCUT2D eigenvalue weighted by Gasteiger charge is -2.25. The first kappa shape index (κ1) is 17.0. The van der Waals surface area contributed by atoms with E-state index in [4.69, 9.17) is 4.42 Å². The zero-order chi connectivity index (χ0) is 17.8. The second-order valence-electron chi connectivity index (χ2n) is 6.41. The predicted octanol–water partition coefficient (Wildman–Crippen LogP) is 3.86. The molecule has 26 heavy (non-hydrogen) atoms. The molecular weight excluding hydrogens is 346 g/mol. The van der Waals surface area contributed by atoms with Crippen LogP contribution in [0.3, 0.4) is 0 Å². The summed E-state index contributed by atoms with van der Waals surface area (Å²) in [7, 11) is 0. The van der Waals surface area contributed by atoms with E-state index in [0.717, 1.165) is 29.4 Å². The number of hydrogen-bond donors (Lipinski definition) is 1. The minimum absolute atomic E-state index is 0.0898. The van der Waals surface area contributed by atoms with Gasteiger partial charge in [-0.05, 0) is 24.1 Å². The molecule has 3 aromatic rings. The molecule has 1 fully saturated rings. The lowest BCUT2D eigenvalue weighted by Crippen LogP contribution is -2.35. The first-order chi connectivity index (χ1) is 12.8. The van der Waals surface area contributed by atoms with Crippen molar-refractivity contribution in [2.45, 2.75) is 25.4 Å². The Morgan fingerprint density at radius 3 is 2.85 bits per heavy atom. The maximum atomic E-state index is 12.0. The lowest BCUT2D eigenvalue weighted by atomic mass is 10.1. The van der Waals surface area contributed by atoms with E-state index in [9.17, 15) is 4.79 Å². The lowest BCUT2D eigenvalue weighted by molar-refractivity contribution is -0.128. The van der Waals surface area contributed by atoms with E-state index in [1.54, 1.807) is 17.6 Å². The molecule has 0 spiro atoms. The molecule has 1 aromatic carbocycles. The summed E-state index contributed by atoms with van der Waals surface area (Å²) in [5, 5.41) is 6.51. The molecule has 134 valence electrons. The highest BCUT2D eigenvalue weighted by Crippen LogP contribution is 2.24. The Morgan fingerprint density at radius 2 is 2.12 bits per heavy atom. The molecule has 0 aliphatic carbocycles. The molecule has 1 aliphatic rings. The number of nitrogens with one attached hydrogen (secondary N) is 1. The van der Waals surface area contributed by atoms with Gasteiger partial charge in [0.05, 0.1) is 18.0 Å². The van der Waals surface area contributed by atoms with E-state index in [1.807, 2.05) is 40.6 Å². The number of aromatic nitrogens is 1. The Kier molecular flexibility index (Phi) is 5.13. The van der Waals surface area contributed by atoms with E-state index in [2.05, 4.69) is 22.4 Å². The van der Waals surface area contributed by atoms with Crippen LogP contribution in [0.2, 0.25) is 0 Å². The van der Waals surface area contributed by atoms with Crippen molar-refractivity contribution >= 4 is 17.2 Å². The SMILES string of the molecule is O=C1CCCN1CC(NCc1csc(-c2ccco2)n1)c1ccccc1. The summed E-state index contributed by atoms with van der Waals surface area (Å²) in [6.07, 6.45) is 3.28. The summed E-state index contributed by atoms with van der Waals surface area (Å²) in [6, 6.07) is 14.2. The Balaban J connectivity index is 1.45. The number of carbonyl (C=O) groups excluding carboxylic acids is 1. The highest BCUT2D eigenvalue weighted by atomic mass is 32.1. The van der Waals surface area contributed by atoms with E-state index >= 15 is 0 Å². The van der Waals surface area contributed by atoms with Crippen molar-refractivity contribution in [1.29, 1.82) is 0 Å². The Hall–Kier alpha value is -2.44. The Morgan fingerprint density at radius 1 is 1.23 bits per heavy atom. The first-order valence-electron chi connectivity index (χ1n) is 8.84. The van der Waals surface area contributed by atoms with Crippen LogP contribution in [0.25, 0.3) is 10.8 Å². The maximum absolute atomic E-state index is 12.0. The molecule has 3 heterocycles. The summed E-state index contributed by atoms with van der Waals surface area (Å²) in [4.78, 5) is 18.6. The monoisotopic (exact) mass is 367 g/mol. The van der Waals surface area contributed by atoms with Crippen molar-refractivity contribution in [1.82, 2.24) is 15.2 Å². The number of rotatable bonds is 7. The maximum Gasteiger partial charge on any atom is 0.222 e. The van der Waals surface area contributed by atoms with Crippen LogP contribution in [0.1, 0.15) is 30.1 Å². The molecule has 1 saturated heterocycles. The minimum Gasteiger partial charge on any atom is -0.462 e. The minimum atomic E-state index is 0.0898. The summed E-state index contributed by atoms with van der Waals surface area (Å²) in [5.74, 6) is 1.05. The van der Waals surface area contributed by atoms with Gasteiger partial charge in [-0.25, -0.2) is 4.98 Å². The fraction of sp³-hybridized carbons (Fsp3) is 0.300. The molecule has 1 amide bonds. The normalized spacial score (nSPS) is 15.5. The van der Waals surface area contributed by atoms with Crippen molar-refractivity contribution in [3.8, 4) is 10.8 Å². The fourth-order valence-corrected chi connectivity index (χ4v) is 4.01. The smallest absolute Gasteiger partial charge is 0.222 e. The van der Waals surface area contributed by atoms with Gasteiger partial charge in [-0.2, -0.15) is 0 Å². The van der Waals surface area contributed by atoms with Crippen LogP contribution < -0.4 is 5.32 Å². The van der Waals surface area contributed by atoms with Crippen molar-refractivity contribution in [2.24, 2.45) is 0 Å². The van der Waals surface area contributed by atoms with Gasteiger partial charge in [0, 0.05) is 31.4 Å². The summed E-state index contributed by atoms with van der Waals surface area (Å²) < 4.78 is 5.41. The van der Waals surface area contributed by atoms with Crippen LogP contribution >= 0.6 is 11.3 Å². The molecule has 1 aliphatic heterocycles. The number of thiazole rings is 1. The van der Waals surface area contributed by atoms with E-state index in [1.165, 1.54) is 5.56 Å². The van der Waals surface area contributed by atoms with Gasteiger partial charge in [0.25, 0.3) is 0 Å². The number of likely N-dealkylation sites (tertiary alicyclic amines) is 1. The van der Waals surface area contributed by atoms with Gasteiger partial charge in [-0.1, -0.05) is 30.3 Å². The van der Waals surface area contributed by atoms with Crippen LogP contribution in [0.5, 0.6) is 0 Å². The van der Waals surface area contributed by atoms with Crippen LogP contribution in [0, 0.1) is 0 Å². The number of benzene rings is 1. The zero-order valence-electron chi connectivity index (χ0n) is 14.4. The highest BCUT2D eigenvalue weighted by Gasteiger charge is 2.24. The van der Waals surface area contributed by atoms with Gasteiger partial charge in [-0.15, -0.1) is 11.3 Å². The molecular formula is C20H21N3O2S. The molecule has 0 bridgehead atoms. The number of amides is 1. The second kappa shape index (κ2) is 7.85. The van der Waals surface area contributed by atoms with Gasteiger partial charge in [0.1, 0.15) is 0 Å². The van der Waals surface area contributed by atoms with Crippen LogP contribution in [-0.2, 0) is 11.3 Å². The third-order valence-electron chi connectivity index (χ3n) is 4.59. The van der Waals surface area contributed by atoms with Crippen LogP contribution in [0.4, 0.5) is 0 Å². The molecule has 5 nitrogen and oxygen atoms in total. The summed E-state index contributed by atoms with van der Waals surface area (Å²) in [6.45, 7) is 2.19. The first-order valence-corrected chi connectivity index (χ1v) is 9.72. The molecule has 4 rings (SSSR count). The average molecular weight is 367 g/mol. The van der Waals surface area contributed by atoms with Crippen molar-refractivity contribution in [3.05, 3.63) is 65.4 Å². The van der Waals surface area contributed by atoms with Crippen molar-refractivity contribution < 1.29 is 9.21 Å². The summed E-state index contributed by atoms with van der Waals surface area (Å²) >= 11 is 1.58. The van der Waals surface area contributed by atoms with Gasteiger partial charge in [0.2, 0.25) is 5.91 Å². The number of furan rings is 1. The topological polar surface area (TPSA) is 58.4 Å². The van der Waals surface area contributed by atoms with E-state index in [-0.39, 0.29) is 11.9 Å². The summed E-state index contributed by atoms with van der Waals surface area (Å²) in [5.41, 5.74) is 2.17. The predicted molar refractivity (Wildman–Crippen MR) is 102 cm³/mol. The van der Waals surface area contributed by atoms with Crippen molar-refractivity contribution in [2.75, 3.05) is 13.1 Å². The van der Waals surface area contributed by atoms with Crippen LogP contribution in [-0.4, -0.2) is 28.9 Å². The van der Waals surface area contributed by atoms with Crippen LogP contribution in [0.15, 0.2) is 58.5 Å². The molecule has 1 unspecified atom stereocenters. The molecule has 0 radical (unpaired) electrons. The molecule has 2 aromatic heterocycles. The Labute approximate surface area is 156 Å². The number of nitrogens with zero attached hydrogens (tertiary/aromatic N) is 2. The standard InChI is InChI=1S/C20H21N3O2S/c24-19-9-4-10-23(19)13-17(15-6-2-1-3-7-15)21-12-16-14-26-20(22-16)18-8-5-11-25-18/h1-3,5-8,11,14,17,21H,4,9-10,12-13H2. The zero-order valence-corrected chi connectivity index (χ0v) is 15.2. The second-order valence-corrected chi connectivity index (χ2v) is 7.27. The Bertz CT molecular complexity index is 845. The third-order valence-corrected chi connectivity index (χ3v) is 5.50. The molecule has 1 N–H and O–H groups in total. The average Bonchev–Trinajstić information content (AvgIpc) is 3.42. The quantitative estimate of drug-likeness (QED) is 0.689. The number of hydrogen-bond acceptors (Lipinski definition) is 5. The van der Waals surface area contributed by atoms with Gasteiger partial charge in [-0.3, -0.25) is 4.79 Å². The largest absolute Gasteiger partial charge is 0.462 e. The third kappa shape index (κ3) is 3.86. The molecule has 1 atom stereocenters.